The summed E-state index contributed by atoms with van der Waals surface area (Å²) in [6.07, 6.45) is 0.579. The lowest BCUT2D eigenvalue weighted by Gasteiger charge is -2.48. The number of thiazole rings is 1. The summed E-state index contributed by atoms with van der Waals surface area (Å²) in [5, 5.41) is 7.57. The molecular formula is C18H21N5O7S2. The Morgan fingerprint density at radius 3 is 2.78 bits per heavy atom. The fourth-order valence-electron chi connectivity index (χ4n) is 2.93. The molecule has 0 radical (unpaired) electrons. The lowest BCUT2D eigenvalue weighted by Crippen LogP contribution is -2.70. The number of amides is 2. The second-order valence-corrected chi connectivity index (χ2v) is 8.52. The van der Waals surface area contributed by atoms with Gasteiger partial charge >= 0.3 is 11.9 Å². The van der Waals surface area contributed by atoms with Crippen LogP contribution in [-0.4, -0.2) is 69.9 Å². The summed E-state index contributed by atoms with van der Waals surface area (Å²) in [4.78, 5) is 59.3. The van der Waals surface area contributed by atoms with Crippen molar-refractivity contribution in [2.24, 2.45) is 5.16 Å². The molecule has 2 amide bonds. The van der Waals surface area contributed by atoms with Crippen LogP contribution in [0.4, 0.5) is 5.13 Å². The van der Waals surface area contributed by atoms with Crippen LogP contribution in [-0.2, 0) is 33.5 Å². The third kappa shape index (κ3) is 4.85. The van der Waals surface area contributed by atoms with Gasteiger partial charge in [-0.3, -0.25) is 19.3 Å². The zero-order chi connectivity index (χ0) is 23.4. The molecule has 1 aromatic heterocycles. The smallest absolute Gasteiger partial charge is 0.357 e. The van der Waals surface area contributed by atoms with Crippen LogP contribution in [0.1, 0.15) is 26.0 Å². The van der Waals surface area contributed by atoms with Crippen molar-refractivity contribution in [2.75, 3.05) is 18.6 Å². The van der Waals surface area contributed by atoms with E-state index in [1.807, 2.05) is 0 Å². The Balaban J connectivity index is 1.66. The molecule has 0 saturated carbocycles. The molecule has 0 spiro atoms. The molecule has 3 rings (SSSR count). The van der Waals surface area contributed by atoms with Crippen molar-refractivity contribution in [1.29, 1.82) is 0 Å². The number of rotatable bonds is 8. The molecule has 172 valence electrons. The molecule has 2 unspecified atom stereocenters. The number of nitrogen functional groups attached to an aromatic ring is 1. The first-order valence-electron chi connectivity index (χ1n) is 9.45. The number of thioether (sulfide) groups is 1. The molecule has 3 heterocycles. The van der Waals surface area contributed by atoms with E-state index in [1.165, 1.54) is 30.7 Å². The van der Waals surface area contributed by atoms with Gasteiger partial charge in [-0.2, -0.15) is 0 Å². The van der Waals surface area contributed by atoms with Crippen molar-refractivity contribution in [3.8, 4) is 0 Å². The molecule has 12 nitrogen and oxygen atoms in total. The molecule has 0 aromatic carbocycles. The molecule has 2 aliphatic heterocycles. The van der Waals surface area contributed by atoms with E-state index in [0.29, 0.717) is 5.75 Å². The highest BCUT2D eigenvalue weighted by molar-refractivity contribution is 8.00. The highest BCUT2D eigenvalue weighted by Crippen LogP contribution is 2.38. The van der Waals surface area contributed by atoms with Gasteiger partial charge in [0.05, 0.1) is 0 Å². The van der Waals surface area contributed by atoms with Gasteiger partial charge in [-0.1, -0.05) is 12.1 Å². The van der Waals surface area contributed by atoms with Gasteiger partial charge in [0.25, 0.3) is 11.8 Å². The second kappa shape index (κ2) is 9.99. The number of nitrogens with zero attached hydrogens (tertiary/aromatic N) is 3. The first-order valence-corrected chi connectivity index (χ1v) is 11.4. The SMILES string of the molecule is CCC(=O)OC(C)OC(=O)C1=CCS[C@@H]2C(NC(=O)C(=NOC)c3csc(N)n3)C(=O)N12. The summed E-state index contributed by atoms with van der Waals surface area (Å²) in [6, 6.07) is -0.891. The van der Waals surface area contributed by atoms with E-state index < -0.39 is 41.5 Å². The first kappa shape index (κ1) is 23.5. The van der Waals surface area contributed by atoms with E-state index >= 15 is 0 Å². The summed E-state index contributed by atoms with van der Waals surface area (Å²) in [5.41, 5.74) is 5.72. The molecule has 1 aromatic rings. The third-order valence-corrected chi connectivity index (χ3v) is 6.22. The topological polar surface area (TPSA) is 163 Å². The Hall–Kier alpha value is -3.13. The predicted octanol–water partition coefficient (Wildman–Crippen LogP) is 0.202. The quantitative estimate of drug-likeness (QED) is 0.172. The fourth-order valence-corrected chi connectivity index (χ4v) is 4.68. The second-order valence-electron chi connectivity index (χ2n) is 6.48. The lowest BCUT2D eigenvalue weighted by atomic mass is 10.0. The van der Waals surface area contributed by atoms with Crippen molar-refractivity contribution >= 4 is 57.7 Å². The van der Waals surface area contributed by atoms with Crippen LogP contribution >= 0.6 is 23.1 Å². The lowest BCUT2D eigenvalue weighted by molar-refractivity contribution is -0.183. The number of fused-ring (bicyclic) bond motifs is 1. The number of anilines is 1. The van der Waals surface area contributed by atoms with E-state index in [-0.39, 0.29) is 28.7 Å². The number of aromatic nitrogens is 1. The highest BCUT2D eigenvalue weighted by Gasteiger charge is 2.53. The summed E-state index contributed by atoms with van der Waals surface area (Å²) in [7, 11) is 1.28. The number of carbonyl (C=O) groups excluding carboxylic acids is 4. The third-order valence-electron chi connectivity index (χ3n) is 4.36. The number of esters is 2. The largest absolute Gasteiger partial charge is 0.425 e. The zero-order valence-electron chi connectivity index (χ0n) is 17.4. The van der Waals surface area contributed by atoms with Gasteiger partial charge < -0.3 is 25.4 Å². The van der Waals surface area contributed by atoms with E-state index in [0.717, 1.165) is 11.3 Å². The molecule has 1 fully saturated rings. The van der Waals surface area contributed by atoms with Gasteiger partial charge in [-0.15, -0.1) is 23.1 Å². The van der Waals surface area contributed by atoms with E-state index in [2.05, 4.69) is 15.5 Å². The molecule has 2 aliphatic rings. The van der Waals surface area contributed by atoms with Crippen LogP contribution in [0.3, 0.4) is 0 Å². The van der Waals surface area contributed by atoms with Crippen molar-refractivity contribution in [3.05, 3.63) is 22.8 Å². The maximum absolute atomic E-state index is 12.7. The van der Waals surface area contributed by atoms with Crippen molar-refractivity contribution in [1.82, 2.24) is 15.2 Å². The van der Waals surface area contributed by atoms with Gasteiger partial charge in [0, 0.05) is 24.5 Å². The molecular weight excluding hydrogens is 462 g/mol. The Morgan fingerprint density at radius 2 is 2.16 bits per heavy atom. The molecule has 3 atom stereocenters. The Morgan fingerprint density at radius 1 is 1.41 bits per heavy atom. The van der Waals surface area contributed by atoms with Crippen LogP contribution in [0.25, 0.3) is 0 Å². The van der Waals surface area contributed by atoms with Gasteiger partial charge in [-0.05, 0) is 6.08 Å². The molecule has 1 saturated heterocycles. The van der Waals surface area contributed by atoms with E-state index in [1.54, 1.807) is 18.4 Å². The minimum atomic E-state index is -1.10. The maximum Gasteiger partial charge on any atom is 0.357 e. The average Bonchev–Trinajstić information content (AvgIpc) is 3.20. The van der Waals surface area contributed by atoms with Crippen molar-refractivity contribution in [2.45, 2.75) is 38.0 Å². The van der Waals surface area contributed by atoms with Gasteiger partial charge in [0.15, 0.2) is 10.8 Å². The van der Waals surface area contributed by atoms with Crippen LogP contribution in [0, 0.1) is 0 Å². The monoisotopic (exact) mass is 483 g/mol. The number of hydrogen-bond acceptors (Lipinski definition) is 12. The number of carbonyl (C=O) groups is 4. The van der Waals surface area contributed by atoms with Crippen LogP contribution < -0.4 is 11.1 Å². The number of ether oxygens (including phenoxy) is 2. The highest BCUT2D eigenvalue weighted by atomic mass is 32.2. The summed E-state index contributed by atoms with van der Waals surface area (Å²) < 4.78 is 10.0. The summed E-state index contributed by atoms with van der Waals surface area (Å²) in [6.45, 7) is 3.02. The van der Waals surface area contributed by atoms with Crippen molar-refractivity contribution in [3.63, 3.8) is 0 Å². The van der Waals surface area contributed by atoms with Gasteiger partial charge in [-0.25, -0.2) is 9.78 Å². The van der Waals surface area contributed by atoms with Crippen LogP contribution in [0.15, 0.2) is 22.3 Å². The maximum atomic E-state index is 12.7. The minimum Gasteiger partial charge on any atom is -0.425 e. The summed E-state index contributed by atoms with van der Waals surface area (Å²) in [5.74, 6) is -2.07. The first-order chi connectivity index (χ1) is 15.3. The molecule has 0 aliphatic carbocycles. The fraction of sp³-hybridized carbons (Fsp3) is 0.444. The normalized spacial score (nSPS) is 21.0. The van der Waals surface area contributed by atoms with Crippen LogP contribution in [0.2, 0.25) is 0 Å². The van der Waals surface area contributed by atoms with Crippen molar-refractivity contribution < 1.29 is 33.5 Å². The molecule has 0 bridgehead atoms. The Bertz CT molecular complexity index is 992. The Kier molecular flexibility index (Phi) is 7.35. The molecule has 32 heavy (non-hydrogen) atoms. The average molecular weight is 484 g/mol. The zero-order valence-corrected chi connectivity index (χ0v) is 19.0. The number of hydrogen-bond donors (Lipinski definition) is 2. The predicted molar refractivity (Wildman–Crippen MR) is 115 cm³/mol. The summed E-state index contributed by atoms with van der Waals surface area (Å²) >= 11 is 2.49. The molecule has 14 heteroatoms. The van der Waals surface area contributed by atoms with E-state index in [9.17, 15) is 19.2 Å². The molecule has 3 N–H and O–H groups in total. The van der Waals surface area contributed by atoms with Gasteiger partial charge in [0.2, 0.25) is 6.29 Å². The van der Waals surface area contributed by atoms with Crippen LogP contribution in [0.5, 0.6) is 0 Å². The number of nitrogens with one attached hydrogen (secondary N) is 1. The number of β-lactam (4-membered cyclic amide) rings is 1. The standard InChI is InChI=1S/C18H21N5O7S2/c1-4-11(24)29-8(2)30-17(27)10-5-6-31-16-13(15(26)23(10)16)21-14(25)12(22-28-3)9-7-32-18(19)20-9/h5,7-8,13,16H,4,6H2,1-3H3,(H2,19,20)(H,21,25)/t8?,13?,16-/m1/s1. The number of nitrogens with two attached hydrogens (primary N) is 1. The van der Waals surface area contributed by atoms with Gasteiger partial charge in [0.1, 0.15) is 29.9 Å². The van der Waals surface area contributed by atoms with E-state index in [4.69, 9.17) is 20.0 Å². The minimum absolute atomic E-state index is 0.0294. The number of oxime groups is 1. The Labute approximate surface area is 191 Å².